The second-order valence-electron chi connectivity index (χ2n) is 6.68. The van der Waals surface area contributed by atoms with Gasteiger partial charge in [-0.3, -0.25) is 4.79 Å². The Morgan fingerprint density at radius 1 is 1.27 bits per heavy atom. The van der Waals surface area contributed by atoms with Crippen LogP contribution in [0.5, 0.6) is 0 Å². The molecule has 0 aromatic heterocycles. The average Bonchev–Trinajstić information content (AvgIpc) is 2.60. The molecule has 1 aromatic carbocycles. The maximum Gasteiger partial charge on any atom is 0.268 e. The highest BCUT2D eigenvalue weighted by atomic mass is 35.5. The topological polar surface area (TPSA) is 58.4 Å². The molecular weight excluding hydrogens is 346 g/mol. The van der Waals surface area contributed by atoms with Crippen molar-refractivity contribution in [3.05, 3.63) is 46.7 Å². The van der Waals surface area contributed by atoms with E-state index < -0.39 is 0 Å². The fraction of sp³-hybridized carbons (Fsp3) is 0.571. The van der Waals surface area contributed by atoms with Crippen molar-refractivity contribution in [1.29, 1.82) is 0 Å². The van der Waals surface area contributed by atoms with E-state index in [2.05, 4.69) is 62.8 Å². The molecule has 0 saturated carbocycles. The number of alkyl halides is 1. The molecule has 0 aliphatic carbocycles. The number of hydrogen-bond donors (Lipinski definition) is 2. The van der Waals surface area contributed by atoms with E-state index in [0.717, 1.165) is 12.0 Å². The van der Waals surface area contributed by atoms with Crippen LogP contribution in [0.2, 0.25) is 0 Å². The highest BCUT2D eigenvalue weighted by Gasteiger charge is 2.15. The van der Waals surface area contributed by atoms with Gasteiger partial charge >= 0.3 is 0 Å². The van der Waals surface area contributed by atoms with Gasteiger partial charge in [-0.05, 0) is 35.4 Å². The van der Waals surface area contributed by atoms with Crippen molar-refractivity contribution in [3.63, 3.8) is 0 Å². The zero-order chi connectivity index (χ0) is 20.9. The first-order valence-electron chi connectivity index (χ1n) is 9.11. The third-order valence-electron chi connectivity index (χ3n) is 3.66. The number of rotatable bonds is 5. The second-order valence-corrected chi connectivity index (χ2v) is 6.68. The molecule has 0 radical (unpaired) electrons. The summed E-state index contributed by atoms with van der Waals surface area (Å²) in [7, 11) is 1.67. The molecule has 0 spiro atoms. The Labute approximate surface area is 165 Å². The van der Waals surface area contributed by atoms with Crippen LogP contribution in [0.1, 0.15) is 64.7 Å². The lowest BCUT2D eigenvalue weighted by atomic mass is 9.85. The molecule has 150 valence electrons. The molecule has 1 rings (SSSR count). The van der Waals surface area contributed by atoms with Gasteiger partial charge in [-0.25, -0.2) is 5.84 Å². The van der Waals surface area contributed by atoms with Crippen molar-refractivity contribution in [1.82, 2.24) is 10.3 Å². The predicted octanol–water partition coefficient (Wildman–Crippen LogP) is 4.89. The van der Waals surface area contributed by atoms with Crippen molar-refractivity contribution < 1.29 is 4.79 Å². The van der Waals surface area contributed by atoms with Crippen molar-refractivity contribution in [3.8, 4) is 0 Å². The zero-order valence-corrected chi connectivity index (χ0v) is 18.8. The minimum atomic E-state index is -0.147. The lowest BCUT2D eigenvalue weighted by Crippen LogP contribution is -2.36. The first kappa shape index (κ1) is 26.7. The molecule has 0 fully saturated rings. The van der Waals surface area contributed by atoms with Gasteiger partial charge in [0.15, 0.2) is 0 Å². The molecule has 26 heavy (non-hydrogen) atoms. The van der Waals surface area contributed by atoms with Gasteiger partial charge in [0.1, 0.15) is 5.70 Å². The molecule has 1 aromatic rings. The van der Waals surface area contributed by atoms with Crippen LogP contribution in [-0.4, -0.2) is 24.3 Å². The second kappa shape index (κ2) is 13.7. The molecular formula is C21H38ClN3O. The SMILES string of the molecule is CC.CC/C=C(/C(=O)NCc1ccc(C(C)(C)C)cc1C)N(C)N.CCl. The zero-order valence-electron chi connectivity index (χ0n) is 18.0. The van der Waals surface area contributed by atoms with Crippen molar-refractivity contribution in [2.24, 2.45) is 5.84 Å². The Morgan fingerprint density at radius 2 is 1.81 bits per heavy atom. The number of carbonyl (C=O) groups is 1. The van der Waals surface area contributed by atoms with E-state index in [9.17, 15) is 4.79 Å². The number of nitrogens with one attached hydrogen (secondary N) is 1. The molecule has 0 saturated heterocycles. The number of allylic oxidation sites excluding steroid dienone is 1. The Morgan fingerprint density at radius 3 is 2.19 bits per heavy atom. The summed E-state index contributed by atoms with van der Waals surface area (Å²) in [6.45, 7) is 15.1. The predicted molar refractivity (Wildman–Crippen MR) is 115 cm³/mol. The minimum absolute atomic E-state index is 0.131. The molecule has 0 atom stereocenters. The molecule has 0 unspecified atom stereocenters. The monoisotopic (exact) mass is 383 g/mol. The molecule has 0 bridgehead atoms. The molecule has 3 N–H and O–H groups in total. The number of benzene rings is 1. The lowest BCUT2D eigenvalue weighted by Gasteiger charge is -2.21. The molecule has 0 aliphatic rings. The average molecular weight is 384 g/mol. The van der Waals surface area contributed by atoms with Crippen LogP contribution in [0.3, 0.4) is 0 Å². The van der Waals surface area contributed by atoms with E-state index in [1.807, 2.05) is 26.8 Å². The van der Waals surface area contributed by atoms with Gasteiger partial charge in [0.05, 0.1) is 0 Å². The third-order valence-corrected chi connectivity index (χ3v) is 3.66. The Balaban J connectivity index is 0. The van der Waals surface area contributed by atoms with Gasteiger partial charge in [-0.1, -0.05) is 65.8 Å². The lowest BCUT2D eigenvalue weighted by molar-refractivity contribution is -0.119. The van der Waals surface area contributed by atoms with E-state index in [-0.39, 0.29) is 11.3 Å². The number of likely N-dealkylation sites (N-methyl/N-ethyl adjacent to an activating group) is 1. The van der Waals surface area contributed by atoms with Gasteiger partial charge in [0.2, 0.25) is 0 Å². The van der Waals surface area contributed by atoms with Gasteiger partial charge in [-0.15, -0.1) is 11.6 Å². The number of aryl methyl sites for hydroxylation is 1. The van der Waals surface area contributed by atoms with Crippen LogP contribution >= 0.6 is 11.6 Å². The molecule has 0 aliphatic heterocycles. The fourth-order valence-electron chi connectivity index (χ4n) is 2.22. The summed E-state index contributed by atoms with van der Waals surface area (Å²) >= 11 is 4.64. The number of nitrogens with two attached hydrogens (primary N) is 1. The molecule has 5 heteroatoms. The van der Waals surface area contributed by atoms with Crippen LogP contribution < -0.4 is 11.2 Å². The van der Waals surface area contributed by atoms with Crippen molar-refractivity contribution in [2.45, 2.75) is 66.8 Å². The van der Waals surface area contributed by atoms with Crippen LogP contribution in [0.15, 0.2) is 30.0 Å². The highest BCUT2D eigenvalue weighted by molar-refractivity contribution is 6.15. The summed E-state index contributed by atoms with van der Waals surface area (Å²) in [6, 6.07) is 6.41. The first-order chi connectivity index (χ1) is 12.2. The normalized spacial score (nSPS) is 10.8. The maximum atomic E-state index is 12.2. The van der Waals surface area contributed by atoms with E-state index in [1.165, 1.54) is 22.5 Å². The van der Waals surface area contributed by atoms with E-state index in [0.29, 0.717) is 12.2 Å². The minimum Gasteiger partial charge on any atom is -0.347 e. The summed E-state index contributed by atoms with van der Waals surface area (Å²) in [5, 5.41) is 4.29. The summed E-state index contributed by atoms with van der Waals surface area (Å²) < 4.78 is 0. The summed E-state index contributed by atoms with van der Waals surface area (Å²) in [4.78, 5) is 12.2. The van der Waals surface area contributed by atoms with Gasteiger partial charge in [0, 0.05) is 20.0 Å². The van der Waals surface area contributed by atoms with Gasteiger partial charge in [0.25, 0.3) is 5.91 Å². The van der Waals surface area contributed by atoms with Crippen LogP contribution in [0.25, 0.3) is 0 Å². The number of amides is 1. The smallest absolute Gasteiger partial charge is 0.268 e. The van der Waals surface area contributed by atoms with Gasteiger partial charge < -0.3 is 10.3 Å². The number of nitrogens with zero attached hydrogens (tertiary/aromatic N) is 1. The Hall–Kier alpha value is -1.52. The highest BCUT2D eigenvalue weighted by Crippen LogP contribution is 2.24. The van der Waals surface area contributed by atoms with Crippen LogP contribution in [-0.2, 0) is 16.8 Å². The van der Waals surface area contributed by atoms with E-state index in [4.69, 9.17) is 5.84 Å². The Kier molecular flexibility index (Phi) is 14.0. The Bertz CT molecular complexity index is 561. The summed E-state index contributed by atoms with van der Waals surface area (Å²) in [5.41, 5.74) is 4.23. The molecule has 0 heterocycles. The van der Waals surface area contributed by atoms with Crippen LogP contribution in [0.4, 0.5) is 0 Å². The van der Waals surface area contributed by atoms with Crippen molar-refractivity contribution >= 4 is 17.5 Å². The van der Waals surface area contributed by atoms with Gasteiger partial charge in [-0.2, -0.15) is 0 Å². The van der Waals surface area contributed by atoms with Crippen molar-refractivity contribution in [2.75, 3.05) is 13.4 Å². The van der Waals surface area contributed by atoms with E-state index in [1.54, 1.807) is 7.05 Å². The third kappa shape index (κ3) is 9.25. The summed E-state index contributed by atoms with van der Waals surface area (Å²) in [5.74, 6) is 5.55. The largest absolute Gasteiger partial charge is 0.347 e. The first-order valence-corrected chi connectivity index (χ1v) is 9.87. The standard InChI is InChI=1S/C18H29N3O.C2H6.CH3Cl/c1-7-8-16(21(6)19)17(22)20-12-14-9-10-15(11-13(14)2)18(3,4)5;2*1-2/h8-11H,7,12,19H2,1-6H3,(H,20,22);1-2H3;1H3/b16-8-;;. The molecule has 1 amide bonds. The maximum absolute atomic E-state index is 12.2. The number of halogens is 1. The number of hydrazine groups is 1. The summed E-state index contributed by atoms with van der Waals surface area (Å²) in [6.07, 6.45) is 4.06. The molecule has 4 nitrogen and oxygen atoms in total. The number of carbonyl (C=O) groups excluding carboxylic acids is 1. The fourth-order valence-corrected chi connectivity index (χ4v) is 2.22. The van der Waals surface area contributed by atoms with Crippen LogP contribution in [0, 0.1) is 6.92 Å². The van der Waals surface area contributed by atoms with E-state index >= 15 is 0 Å². The quantitative estimate of drug-likeness (QED) is 0.329. The number of hydrogen-bond acceptors (Lipinski definition) is 3.